The second kappa shape index (κ2) is 5.82. The third kappa shape index (κ3) is 3.20. The van der Waals surface area contributed by atoms with Gasteiger partial charge >= 0.3 is 0 Å². The van der Waals surface area contributed by atoms with Gasteiger partial charge in [-0.2, -0.15) is 0 Å². The Labute approximate surface area is 132 Å². The Kier molecular flexibility index (Phi) is 4.49. The molecule has 0 saturated carbocycles. The van der Waals surface area contributed by atoms with E-state index in [0.717, 1.165) is 0 Å². The molecule has 0 bridgehead atoms. The van der Waals surface area contributed by atoms with Crippen LogP contribution in [0.5, 0.6) is 0 Å². The summed E-state index contributed by atoms with van der Waals surface area (Å²) in [5, 5.41) is 0.747. The van der Waals surface area contributed by atoms with Crippen LogP contribution in [0.3, 0.4) is 0 Å². The predicted molar refractivity (Wildman–Crippen MR) is 83.2 cm³/mol. The van der Waals surface area contributed by atoms with Crippen molar-refractivity contribution in [3.8, 4) is 0 Å². The van der Waals surface area contributed by atoms with Crippen molar-refractivity contribution >= 4 is 50.3 Å². The maximum Gasteiger partial charge on any atom is 0.182 e. The second-order valence-electron chi connectivity index (χ2n) is 4.16. The zero-order chi connectivity index (χ0) is 14.9. The second-order valence-corrected chi connectivity index (χ2v) is 7.34. The molecule has 0 fully saturated rings. The molecule has 0 spiro atoms. The van der Waals surface area contributed by atoms with Crippen molar-refractivity contribution in [3.05, 3.63) is 57.0 Å². The number of benzene rings is 2. The molecule has 0 saturated heterocycles. The van der Waals surface area contributed by atoms with E-state index in [1.54, 1.807) is 18.2 Å². The standard InChI is InChI=1S/C13H10Cl3NO2S/c14-10-3-1-2-8(13(10)16)7-20(18,19)9-4-5-12(17)11(15)6-9/h1-6H,7,17H2. The van der Waals surface area contributed by atoms with E-state index >= 15 is 0 Å². The maximum absolute atomic E-state index is 12.3. The molecule has 0 aliphatic carbocycles. The molecule has 0 aliphatic heterocycles. The summed E-state index contributed by atoms with van der Waals surface area (Å²) in [6, 6.07) is 9.05. The molecule has 0 atom stereocenters. The summed E-state index contributed by atoms with van der Waals surface area (Å²) in [7, 11) is -3.57. The molecule has 2 N–H and O–H groups in total. The Balaban J connectivity index is 2.41. The van der Waals surface area contributed by atoms with E-state index in [4.69, 9.17) is 40.5 Å². The lowest BCUT2D eigenvalue weighted by Crippen LogP contribution is -2.06. The van der Waals surface area contributed by atoms with Crippen molar-refractivity contribution in [2.75, 3.05) is 5.73 Å². The first-order chi connectivity index (χ1) is 9.31. The Morgan fingerprint density at radius 1 is 1.00 bits per heavy atom. The van der Waals surface area contributed by atoms with Gasteiger partial charge in [-0.05, 0) is 29.8 Å². The van der Waals surface area contributed by atoms with Crippen LogP contribution in [0, 0.1) is 0 Å². The van der Waals surface area contributed by atoms with Crippen LogP contribution in [0.4, 0.5) is 5.69 Å². The van der Waals surface area contributed by atoms with E-state index in [1.807, 2.05) is 0 Å². The van der Waals surface area contributed by atoms with Gasteiger partial charge in [-0.3, -0.25) is 0 Å². The first kappa shape index (κ1) is 15.4. The molecule has 2 rings (SSSR count). The molecule has 106 valence electrons. The van der Waals surface area contributed by atoms with Gasteiger partial charge in [0.15, 0.2) is 9.84 Å². The van der Waals surface area contributed by atoms with Crippen molar-refractivity contribution < 1.29 is 8.42 Å². The van der Waals surface area contributed by atoms with Crippen molar-refractivity contribution in [2.24, 2.45) is 0 Å². The van der Waals surface area contributed by atoms with Gasteiger partial charge in [0, 0.05) is 0 Å². The monoisotopic (exact) mass is 349 g/mol. The molecule has 2 aromatic carbocycles. The van der Waals surface area contributed by atoms with E-state index in [-0.39, 0.29) is 20.7 Å². The molecule has 20 heavy (non-hydrogen) atoms. The highest BCUT2D eigenvalue weighted by atomic mass is 35.5. The van der Waals surface area contributed by atoms with E-state index in [2.05, 4.69) is 0 Å². The number of hydrogen-bond donors (Lipinski definition) is 1. The number of nitrogens with two attached hydrogens (primary N) is 1. The normalized spacial score (nSPS) is 11.6. The van der Waals surface area contributed by atoms with E-state index in [0.29, 0.717) is 16.3 Å². The van der Waals surface area contributed by atoms with Crippen LogP contribution in [0.15, 0.2) is 41.3 Å². The Morgan fingerprint density at radius 3 is 2.35 bits per heavy atom. The van der Waals surface area contributed by atoms with E-state index in [1.165, 1.54) is 18.2 Å². The fraction of sp³-hybridized carbons (Fsp3) is 0.0769. The highest BCUT2D eigenvalue weighted by molar-refractivity contribution is 7.90. The molecule has 0 amide bonds. The molecule has 3 nitrogen and oxygen atoms in total. The van der Waals surface area contributed by atoms with Crippen molar-refractivity contribution in [3.63, 3.8) is 0 Å². The van der Waals surface area contributed by atoms with Crippen LogP contribution in [-0.2, 0) is 15.6 Å². The van der Waals surface area contributed by atoms with E-state index in [9.17, 15) is 8.42 Å². The molecule has 0 heterocycles. The minimum absolute atomic E-state index is 0.0905. The molecule has 0 aromatic heterocycles. The van der Waals surface area contributed by atoms with Crippen LogP contribution in [0.2, 0.25) is 15.1 Å². The fourth-order valence-corrected chi connectivity index (χ4v) is 3.75. The Morgan fingerprint density at radius 2 is 1.70 bits per heavy atom. The third-order valence-electron chi connectivity index (χ3n) is 2.71. The van der Waals surface area contributed by atoms with Gasteiger partial charge < -0.3 is 5.73 Å². The summed E-state index contributed by atoms with van der Waals surface area (Å²) < 4.78 is 24.7. The third-order valence-corrected chi connectivity index (χ3v) is 5.56. The highest BCUT2D eigenvalue weighted by Gasteiger charge is 2.18. The van der Waals surface area contributed by atoms with Crippen LogP contribution in [-0.4, -0.2) is 8.42 Å². The van der Waals surface area contributed by atoms with Crippen molar-refractivity contribution in [1.82, 2.24) is 0 Å². The highest BCUT2D eigenvalue weighted by Crippen LogP contribution is 2.30. The van der Waals surface area contributed by atoms with Crippen LogP contribution >= 0.6 is 34.8 Å². The molecule has 2 aromatic rings. The summed E-state index contributed by atoms with van der Waals surface area (Å²) in [4.78, 5) is 0.0905. The topological polar surface area (TPSA) is 60.2 Å². The van der Waals surface area contributed by atoms with Gasteiger partial charge in [0.25, 0.3) is 0 Å². The lowest BCUT2D eigenvalue weighted by atomic mass is 10.2. The van der Waals surface area contributed by atoms with Gasteiger partial charge in [-0.15, -0.1) is 0 Å². The number of halogens is 3. The Bertz CT molecular complexity index is 760. The lowest BCUT2D eigenvalue weighted by Gasteiger charge is -2.08. The average molecular weight is 351 g/mol. The predicted octanol–water partition coefficient (Wildman–Crippen LogP) is 4.20. The summed E-state index contributed by atoms with van der Waals surface area (Å²) in [6.07, 6.45) is 0. The van der Waals surface area contributed by atoms with Crippen molar-refractivity contribution in [1.29, 1.82) is 0 Å². The van der Waals surface area contributed by atoms with Gasteiger partial charge in [0.1, 0.15) is 0 Å². The first-order valence-corrected chi connectivity index (χ1v) is 8.30. The van der Waals surface area contributed by atoms with Gasteiger partial charge in [-0.25, -0.2) is 8.42 Å². The van der Waals surface area contributed by atoms with Gasteiger partial charge in [-0.1, -0.05) is 46.9 Å². The number of anilines is 1. The quantitative estimate of drug-likeness (QED) is 0.844. The molecule has 0 radical (unpaired) electrons. The smallest absolute Gasteiger partial charge is 0.182 e. The number of sulfone groups is 1. The largest absolute Gasteiger partial charge is 0.398 e. The maximum atomic E-state index is 12.3. The van der Waals surface area contributed by atoms with Gasteiger partial charge in [0.05, 0.1) is 31.4 Å². The summed E-state index contributed by atoms with van der Waals surface area (Å²) in [5.74, 6) is -0.257. The molecular formula is C13H10Cl3NO2S. The Hall–Kier alpha value is -0.940. The number of rotatable bonds is 3. The average Bonchev–Trinajstić information content (AvgIpc) is 2.38. The molecule has 7 heteroatoms. The number of hydrogen-bond acceptors (Lipinski definition) is 3. The summed E-state index contributed by atoms with van der Waals surface area (Å²) in [6.45, 7) is 0. The first-order valence-electron chi connectivity index (χ1n) is 5.52. The van der Waals surface area contributed by atoms with Crippen LogP contribution < -0.4 is 5.73 Å². The zero-order valence-corrected chi connectivity index (χ0v) is 13.2. The lowest BCUT2D eigenvalue weighted by molar-refractivity contribution is 0.595. The summed E-state index contributed by atoms with van der Waals surface area (Å²) >= 11 is 17.7. The molecular weight excluding hydrogens is 341 g/mol. The fourth-order valence-electron chi connectivity index (χ4n) is 1.65. The van der Waals surface area contributed by atoms with E-state index < -0.39 is 9.84 Å². The molecule has 0 unspecified atom stereocenters. The zero-order valence-electron chi connectivity index (χ0n) is 10.1. The minimum atomic E-state index is -3.57. The van der Waals surface area contributed by atoms with Crippen LogP contribution in [0.1, 0.15) is 5.56 Å². The van der Waals surface area contributed by atoms with Crippen molar-refractivity contribution in [2.45, 2.75) is 10.6 Å². The number of nitrogen functional groups attached to an aromatic ring is 1. The van der Waals surface area contributed by atoms with Crippen LogP contribution in [0.25, 0.3) is 0 Å². The summed E-state index contributed by atoms with van der Waals surface area (Å²) in [5.41, 5.74) is 6.33. The molecule has 0 aliphatic rings. The van der Waals surface area contributed by atoms with Gasteiger partial charge in [0.2, 0.25) is 0 Å². The minimum Gasteiger partial charge on any atom is -0.398 e. The SMILES string of the molecule is Nc1ccc(S(=O)(=O)Cc2cccc(Cl)c2Cl)cc1Cl.